The molecule has 0 saturated carbocycles. The predicted molar refractivity (Wildman–Crippen MR) is 94.2 cm³/mol. The van der Waals surface area contributed by atoms with Gasteiger partial charge in [-0.15, -0.1) is 6.58 Å². The monoisotopic (exact) mass is 300 g/mol. The fraction of sp³-hybridized carbons (Fsp3) is 0.474. The second-order valence-electron chi connectivity index (χ2n) is 5.43. The van der Waals surface area contributed by atoms with Crippen LogP contribution in [0, 0.1) is 6.92 Å². The van der Waals surface area contributed by atoms with E-state index in [0.717, 1.165) is 35.0 Å². The summed E-state index contributed by atoms with van der Waals surface area (Å²) in [6.45, 7) is 13.9. The number of Topliss-reactive ketones (excluding diaryl/α,β-unsaturated/α-hetero) is 1. The largest absolute Gasteiger partial charge is 0.320 e. The lowest BCUT2D eigenvalue weighted by atomic mass is 10.0. The van der Waals surface area contributed by atoms with E-state index < -0.39 is 0 Å². The van der Waals surface area contributed by atoms with E-state index in [-0.39, 0.29) is 11.8 Å². The maximum atomic E-state index is 12.3. The molecule has 2 rings (SSSR count). The Morgan fingerprint density at radius 3 is 2.64 bits per heavy atom. The van der Waals surface area contributed by atoms with Crippen LogP contribution in [-0.4, -0.2) is 15.3 Å². The van der Waals surface area contributed by atoms with Crippen LogP contribution in [-0.2, 0) is 4.79 Å². The van der Waals surface area contributed by atoms with Crippen molar-refractivity contribution in [2.24, 2.45) is 0 Å². The predicted octanol–water partition coefficient (Wildman–Crippen LogP) is 5.25. The highest BCUT2D eigenvalue weighted by atomic mass is 16.1. The fourth-order valence-electron chi connectivity index (χ4n) is 2.52. The zero-order chi connectivity index (χ0) is 16.7. The van der Waals surface area contributed by atoms with Crippen molar-refractivity contribution in [3.05, 3.63) is 42.2 Å². The molecule has 0 spiro atoms. The van der Waals surface area contributed by atoms with Crippen molar-refractivity contribution in [3.8, 4) is 0 Å². The molecular weight excluding hydrogens is 272 g/mol. The molecule has 0 radical (unpaired) electrons. The molecule has 0 bridgehead atoms. The molecule has 22 heavy (non-hydrogen) atoms. The van der Waals surface area contributed by atoms with Crippen molar-refractivity contribution in [2.45, 2.75) is 59.9 Å². The molecule has 3 nitrogen and oxygen atoms in total. The van der Waals surface area contributed by atoms with E-state index in [0.29, 0.717) is 6.42 Å². The van der Waals surface area contributed by atoms with Gasteiger partial charge in [0.2, 0.25) is 0 Å². The zero-order valence-corrected chi connectivity index (χ0v) is 14.5. The summed E-state index contributed by atoms with van der Waals surface area (Å²) in [5, 5.41) is 0. The summed E-state index contributed by atoms with van der Waals surface area (Å²) in [4.78, 5) is 16.7. The Bertz CT molecular complexity index is 640. The number of hydrogen-bond acceptors (Lipinski definition) is 2. The van der Waals surface area contributed by atoms with Crippen molar-refractivity contribution in [2.75, 3.05) is 0 Å². The lowest BCUT2D eigenvalue weighted by Crippen LogP contribution is -2.18. The number of carbonyl (C=O) groups excluding carboxylic acids is 1. The maximum absolute atomic E-state index is 12.3. The van der Waals surface area contributed by atoms with E-state index in [1.807, 2.05) is 57.4 Å². The number of hydrogen-bond donors (Lipinski definition) is 0. The lowest BCUT2D eigenvalue weighted by molar-refractivity contribution is -0.122. The molecule has 3 heteroatoms. The van der Waals surface area contributed by atoms with E-state index in [4.69, 9.17) is 0 Å². The Labute approximate surface area is 134 Å². The summed E-state index contributed by atoms with van der Waals surface area (Å²) in [5.41, 5.74) is 4.28. The minimum Gasteiger partial charge on any atom is -0.320 e. The van der Waals surface area contributed by atoms with Crippen molar-refractivity contribution in [3.63, 3.8) is 0 Å². The van der Waals surface area contributed by atoms with Crippen LogP contribution in [0.4, 0.5) is 0 Å². The Balaban J connectivity index is 0.00000116. The minimum absolute atomic E-state index is 0.136. The van der Waals surface area contributed by atoms with Gasteiger partial charge in [-0.2, -0.15) is 0 Å². The fourth-order valence-corrected chi connectivity index (χ4v) is 2.52. The second-order valence-corrected chi connectivity index (χ2v) is 5.43. The highest BCUT2D eigenvalue weighted by Crippen LogP contribution is 2.25. The van der Waals surface area contributed by atoms with Gasteiger partial charge < -0.3 is 4.57 Å². The Hall–Kier alpha value is -1.90. The molecule has 0 N–H and O–H groups in total. The number of imidazole rings is 1. The number of benzene rings is 1. The molecule has 0 saturated heterocycles. The van der Waals surface area contributed by atoms with Crippen LogP contribution < -0.4 is 0 Å². The molecule has 1 heterocycles. The first kappa shape index (κ1) is 18.1. The summed E-state index contributed by atoms with van der Waals surface area (Å²) < 4.78 is 2.02. The van der Waals surface area contributed by atoms with E-state index in [9.17, 15) is 4.79 Å². The summed E-state index contributed by atoms with van der Waals surface area (Å²) in [7, 11) is 0. The van der Waals surface area contributed by atoms with E-state index in [2.05, 4.69) is 11.6 Å². The van der Waals surface area contributed by atoms with E-state index in [1.165, 1.54) is 0 Å². The SMILES string of the molecule is C=C(C)CCC(C(=O)CC)n1cnc2c(C)cccc21.CC. The van der Waals surface area contributed by atoms with Gasteiger partial charge in [0, 0.05) is 6.42 Å². The maximum Gasteiger partial charge on any atom is 0.155 e. The molecule has 0 aliphatic rings. The number of ketones is 1. The summed E-state index contributed by atoms with van der Waals surface area (Å²) >= 11 is 0. The van der Waals surface area contributed by atoms with Crippen molar-refractivity contribution in [1.29, 1.82) is 0 Å². The topological polar surface area (TPSA) is 34.9 Å². The lowest BCUT2D eigenvalue weighted by Gasteiger charge is -2.18. The van der Waals surface area contributed by atoms with E-state index >= 15 is 0 Å². The van der Waals surface area contributed by atoms with Gasteiger partial charge in [0.05, 0.1) is 23.4 Å². The van der Waals surface area contributed by atoms with Gasteiger partial charge in [0.15, 0.2) is 5.78 Å². The molecule has 0 aliphatic heterocycles. The summed E-state index contributed by atoms with van der Waals surface area (Å²) in [6, 6.07) is 5.96. The first-order chi connectivity index (χ1) is 10.5. The number of carbonyl (C=O) groups is 1. The summed E-state index contributed by atoms with van der Waals surface area (Å²) in [5.74, 6) is 0.257. The molecular formula is C19H28N2O. The van der Waals surface area contributed by atoms with Crippen LogP contribution in [0.1, 0.15) is 58.6 Å². The van der Waals surface area contributed by atoms with Crippen LogP contribution in [0.3, 0.4) is 0 Å². The third-order valence-electron chi connectivity index (χ3n) is 3.71. The normalized spacial score (nSPS) is 11.7. The van der Waals surface area contributed by atoms with Gasteiger partial charge in [-0.3, -0.25) is 4.79 Å². The molecule has 0 aliphatic carbocycles. The van der Waals surface area contributed by atoms with Crippen LogP contribution in [0.25, 0.3) is 11.0 Å². The third kappa shape index (κ3) is 4.06. The molecule has 120 valence electrons. The van der Waals surface area contributed by atoms with Gasteiger partial charge in [-0.05, 0) is 38.3 Å². The molecule has 0 fully saturated rings. The van der Waals surface area contributed by atoms with Crippen molar-refractivity contribution in [1.82, 2.24) is 9.55 Å². The molecule has 1 aromatic carbocycles. The second kappa shape index (κ2) is 8.52. The van der Waals surface area contributed by atoms with Gasteiger partial charge in [-0.25, -0.2) is 4.98 Å². The molecule has 1 aromatic heterocycles. The molecule has 1 atom stereocenters. The number of fused-ring (bicyclic) bond motifs is 1. The zero-order valence-electron chi connectivity index (χ0n) is 14.5. The molecule has 2 aromatic rings. The number of nitrogens with zero attached hydrogens (tertiary/aromatic N) is 2. The van der Waals surface area contributed by atoms with Gasteiger partial charge >= 0.3 is 0 Å². The van der Waals surface area contributed by atoms with Gasteiger partial charge in [0.1, 0.15) is 0 Å². The molecule has 1 unspecified atom stereocenters. The average Bonchev–Trinajstić information content (AvgIpc) is 2.94. The average molecular weight is 300 g/mol. The van der Waals surface area contributed by atoms with Crippen LogP contribution in [0.15, 0.2) is 36.7 Å². The molecule has 0 amide bonds. The van der Waals surface area contributed by atoms with Gasteiger partial charge in [-0.1, -0.05) is 38.5 Å². The number of aryl methyl sites for hydroxylation is 1. The highest BCUT2D eigenvalue weighted by molar-refractivity contribution is 5.86. The summed E-state index contributed by atoms with van der Waals surface area (Å²) in [6.07, 6.45) is 4.00. The smallest absolute Gasteiger partial charge is 0.155 e. The van der Waals surface area contributed by atoms with Crippen molar-refractivity contribution < 1.29 is 4.79 Å². The van der Waals surface area contributed by atoms with E-state index in [1.54, 1.807) is 6.33 Å². The van der Waals surface area contributed by atoms with Crippen LogP contribution in [0.2, 0.25) is 0 Å². The van der Waals surface area contributed by atoms with Crippen LogP contribution >= 0.6 is 0 Å². The first-order valence-corrected chi connectivity index (χ1v) is 8.13. The first-order valence-electron chi connectivity index (χ1n) is 8.13. The van der Waals surface area contributed by atoms with Gasteiger partial charge in [0.25, 0.3) is 0 Å². The Morgan fingerprint density at radius 2 is 2.05 bits per heavy atom. The number of para-hydroxylation sites is 1. The van der Waals surface area contributed by atoms with Crippen LogP contribution in [0.5, 0.6) is 0 Å². The standard InChI is InChI=1S/C17H22N2O.C2H6/c1-5-16(20)14(10-9-12(2)3)19-11-18-17-13(4)7-6-8-15(17)19;1-2/h6-8,11,14H,2,5,9-10H2,1,3-4H3;1-2H3. The number of aromatic nitrogens is 2. The Morgan fingerprint density at radius 1 is 1.36 bits per heavy atom. The third-order valence-corrected chi connectivity index (χ3v) is 3.71. The minimum atomic E-state index is -0.136. The highest BCUT2D eigenvalue weighted by Gasteiger charge is 2.20. The quantitative estimate of drug-likeness (QED) is 0.683. The Kier molecular flexibility index (Phi) is 7.03. The number of allylic oxidation sites excluding steroid dienone is 1. The number of rotatable bonds is 6. The van der Waals surface area contributed by atoms with Crippen molar-refractivity contribution >= 4 is 16.8 Å².